The van der Waals surface area contributed by atoms with E-state index in [1.807, 2.05) is 24.3 Å². The topological polar surface area (TPSA) is 46.5 Å². The van der Waals surface area contributed by atoms with E-state index in [2.05, 4.69) is 0 Å². The van der Waals surface area contributed by atoms with Gasteiger partial charge in [0.05, 0.1) is 12.0 Å². The lowest BCUT2D eigenvalue weighted by Crippen LogP contribution is -2.24. The maximum Gasteiger partial charge on any atom is 0.317 e. The largest absolute Gasteiger partial charge is 0.426 e. The number of aliphatic hydroxyl groups is 1. The van der Waals surface area contributed by atoms with Gasteiger partial charge in [0.1, 0.15) is 5.75 Å². The van der Waals surface area contributed by atoms with Crippen molar-refractivity contribution in [1.29, 1.82) is 0 Å². The summed E-state index contributed by atoms with van der Waals surface area (Å²) in [4.78, 5) is 11.9. The van der Waals surface area contributed by atoms with E-state index < -0.39 is 18.0 Å². The normalized spacial score (nSPS) is 13.6. The standard InChI is InChI=1S/C16H16O3/c1-12(15(17)13-8-4-2-5-9-13)16(18)19-14-10-6-3-7-11-14/h2-12,15,17H,1H3/t12-,15-/m0/s1. The fourth-order valence-corrected chi connectivity index (χ4v) is 1.77. The summed E-state index contributed by atoms with van der Waals surface area (Å²) >= 11 is 0. The molecule has 0 unspecified atom stereocenters. The van der Waals surface area contributed by atoms with Crippen LogP contribution in [0.25, 0.3) is 0 Å². The molecular weight excluding hydrogens is 240 g/mol. The number of para-hydroxylation sites is 1. The summed E-state index contributed by atoms with van der Waals surface area (Å²) < 4.78 is 5.22. The highest BCUT2D eigenvalue weighted by Crippen LogP contribution is 2.23. The van der Waals surface area contributed by atoms with Crippen molar-refractivity contribution < 1.29 is 14.6 Å². The van der Waals surface area contributed by atoms with Gasteiger partial charge in [0.25, 0.3) is 0 Å². The summed E-state index contributed by atoms with van der Waals surface area (Å²) in [7, 11) is 0. The molecule has 0 saturated carbocycles. The van der Waals surface area contributed by atoms with E-state index in [0.717, 1.165) is 0 Å². The fourth-order valence-electron chi connectivity index (χ4n) is 1.77. The lowest BCUT2D eigenvalue weighted by atomic mass is 9.98. The maximum atomic E-state index is 11.9. The molecule has 0 amide bonds. The third-order valence-corrected chi connectivity index (χ3v) is 2.95. The molecule has 2 aromatic rings. The number of carbonyl (C=O) groups excluding carboxylic acids is 1. The quantitative estimate of drug-likeness (QED) is 0.675. The van der Waals surface area contributed by atoms with Gasteiger partial charge in [-0.3, -0.25) is 4.79 Å². The Hall–Kier alpha value is -2.13. The number of hydrogen-bond acceptors (Lipinski definition) is 3. The van der Waals surface area contributed by atoms with Crippen LogP contribution in [0.15, 0.2) is 60.7 Å². The fraction of sp³-hybridized carbons (Fsp3) is 0.188. The molecule has 0 aliphatic heterocycles. The zero-order valence-corrected chi connectivity index (χ0v) is 10.7. The van der Waals surface area contributed by atoms with Crippen LogP contribution in [-0.2, 0) is 4.79 Å². The SMILES string of the molecule is C[C@H](C(=O)Oc1ccccc1)[C@H](O)c1ccccc1. The Balaban J connectivity index is 2.03. The molecule has 98 valence electrons. The van der Waals surface area contributed by atoms with Crippen LogP contribution in [0.1, 0.15) is 18.6 Å². The molecule has 2 aromatic carbocycles. The predicted octanol–water partition coefficient (Wildman–Crippen LogP) is 2.96. The third-order valence-electron chi connectivity index (χ3n) is 2.95. The average Bonchev–Trinajstić information content (AvgIpc) is 2.47. The van der Waals surface area contributed by atoms with Crippen molar-refractivity contribution in [2.75, 3.05) is 0 Å². The first kappa shape index (κ1) is 13.3. The minimum absolute atomic E-state index is 0.442. The van der Waals surface area contributed by atoms with Crippen LogP contribution in [0.2, 0.25) is 0 Å². The van der Waals surface area contributed by atoms with E-state index in [4.69, 9.17) is 4.74 Å². The van der Waals surface area contributed by atoms with Gasteiger partial charge >= 0.3 is 5.97 Å². The molecule has 0 fully saturated rings. The molecule has 19 heavy (non-hydrogen) atoms. The minimum Gasteiger partial charge on any atom is -0.426 e. The van der Waals surface area contributed by atoms with E-state index >= 15 is 0 Å². The van der Waals surface area contributed by atoms with Gasteiger partial charge in [0, 0.05) is 0 Å². The van der Waals surface area contributed by atoms with Crippen LogP contribution in [0.5, 0.6) is 5.75 Å². The van der Waals surface area contributed by atoms with Gasteiger partial charge in [-0.2, -0.15) is 0 Å². The Morgan fingerprint density at radius 2 is 1.53 bits per heavy atom. The van der Waals surface area contributed by atoms with E-state index in [0.29, 0.717) is 11.3 Å². The Labute approximate surface area is 112 Å². The summed E-state index contributed by atoms with van der Waals surface area (Å²) in [5.74, 6) is -0.579. The number of aliphatic hydroxyl groups excluding tert-OH is 1. The Morgan fingerprint density at radius 3 is 2.11 bits per heavy atom. The molecule has 0 radical (unpaired) electrons. The van der Waals surface area contributed by atoms with Crippen LogP contribution >= 0.6 is 0 Å². The highest BCUT2D eigenvalue weighted by Gasteiger charge is 2.25. The van der Waals surface area contributed by atoms with Crippen molar-refractivity contribution in [3.05, 3.63) is 66.2 Å². The van der Waals surface area contributed by atoms with Crippen molar-refractivity contribution in [1.82, 2.24) is 0 Å². The maximum absolute atomic E-state index is 11.9. The zero-order valence-electron chi connectivity index (χ0n) is 10.7. The Kier molecular flexibility index (Phi) is 4.31. The van der Waals surface area contributed by atoms with Crippen molar-refractivity contribution >= 4 is 5.97 Å². The number of ether oxygens (including phenoxy) is 1. The van der Waals surface area contributed by atoms with Crippen molar-refractivity contribution in [3.63, 3.8) is 0 Å². The molecular formula is C16H16O3. The second-order valence-corrected chi connectivity index (χ2v) is 4.38. The first-order chi connectivity index (χ1) is 9.18. The molecule has 0 aliphatic rings. The molecule has 0 aliphatic carbocycles. The molecule has 0 saturated heterocycles. The van der Waals surface area contributed by atoms with Crippen LogP contribution in [0.3, 0.4) is 0 Å². The summed E-state index contributed by atoms with van der Waals surface area (Å²) in [6, 6.07) is 17.9. The number of carbonyl (C=O) groups is 1. The van der Waals surface area contributed by atoms with Crippen molar-refractivity contribution in [3.8, 4) is 5.75 Å². The molecule has 0 heterocycles. The minimum atomic E-state index is -0.864. The van der Waals surface area contributed by atoms with Crippen LogP contribution in [0, 0.1) is 5.92 Å². The lowest BCUT2D eigenvalue weighted by Gasteiger charge is -2.17. The highest BCUT2D eigenvalue weighted by atomic mass is 16.5. The number of rotatable bonds is 4. The molecule has 1 N–H and O–H groups in total. The molecule has 2 rings (SSSR count). The van der Waals surface area contributed by atoms with Crippen molar-refractivity contribution in [2.45, 2.75) is 13.0 Å². The van der Waals surface area contributed by atoms with Gasteiger partial charge in [0.15, 0.2) is 0 Å². The number of hydrogen-bond donors (Lipinski definition) is 1. The second kappa shape index (κ2) is 6.16. The predicted molar refractivity (Wildman–Crippen MR) is 72.6 cm³/mol. The van der Waals surface area contributed by atoms with E-state index in [-0.39, 0.29) is 0 Å². The molecule has 2 atom stereocenters. The van der Waals surface area contributed by atoms with Gasteiger partial charge in [-0.1, -0.05) is 48.5 Å². The molecule has 0 bridgehead atoms. The summed E-state index contributed by atoms with van der Waals surface area (Å²) in [5.41, 5.74) is 0.708. The number of esters is 1. The molecule has 0 aromatic heterocycles. The molecule has 3 nitrogen and oxygen atoms in total. The highest BCUT2D eigenvalue weighted by molar-refractivity contribution is 5.75. The van der Waals surface area contributed by atoms with E-state index in [9.17, 15) is 9.90 Å². The lowest BCUT2D eigenvalue weighted by molar-refractivity contribution is -0.142. The van der Waals surface area contributed by atoms with Gasteiger partial charge in [-0.05, 0) is 24.6 Å². The smallest absolute Gasteiger partial charge is 0.317 e. The van der Waals surface area contributed by atoms with Crippen LogP contribution < -0.4 is 4.74 Å². The van der Waals surface area contributed by atoms with Gasteiger partial charge < -0.3 is 9.84 Å². The first-order valence-electron chi connectivity index (χ1n) is 6.18. The van der Waals surface area contributed by atoms with Gasteiger partial charge in [-0.15, -0.1) is 0 Å². The Morgan fingerprint density at radius 1 is 1.00 bits per heavy atom. The first-order valence-corrected chi connectivity index (χ1v) is 6.18. The summed E-state index contributed by atoms with van der Waals surface area (Å²) in [6.45, 7) is 1.66. The van der Waals surface area contributed by atoms with E-state index in [1.165, 1.54) is 0 Å². The van der Waals surface area contributed by atoms with Crippen LogP contribution in [0.4, 0.5) is 0 Å². The van der Waals surface area contributed by atoms with Gasteiger partial charge in [0.2, 0.25) is 0 Å². The Bertz CT molecular complexity index is 522. The average molecular weight is 256 g/mol. The zero-order chi connectivity index (χ0) is 13.7. The summed E-state index contributed by atoms with van der Waals surface area (Å²) in [5, 5.41) is 10.1. The third kappa shape index (κ3) is 3.42. The molecule has 3 heteroatoms. The summed E-state index contributed by atoms with van der Waals surface area (Å²) in [6.07, 6.45) is -0.864. The van der Waals surface area contributed by atoms with Crippen molar-refractivity contribution in [2.24, 2.45) is 5.92 Å². The van der Waals surface area contributed by atoms with E-state index in [1.54, 1.807) is 43.3 Å². The van der Waals surface area contributed by atoms with Crippen LogP contribution in [-0.4, -0.2) is 11.1 Å². The number of benzene rings is 2. The second-order valence-electron chi connectivity index (χ2n) is 4.38. The monoisotopic (exact) mass is 256 g/mol. The molecule has 0 spiro atoms. The van der Waals surface area contributed by atoms with Gasteiger partial charge in [-0.25, -0.2) is 0 Å².